The molecule has 140 valence electrons. The first kappa shape index (κ1) is 20.0. The molecule has 0 aliphatic rings. The smallest absolute Gasteiger partial charge is 0.244 e. The van der Waals surface area contributed by atoms with E-state index in [2.05, 4.69) is 4.98 Å². The van der Waals surface area contributed by atoms with Gasteiger partial charge in [0.1, 0.15) is 6.04 Å². The van der Waals surface area contributed by atoms with Crippen LogP contribution >= 0.6 is 0 Å². The molecule has 0 spiro atoms. The van der Waals surface area contributed by atoms with E-state index in [0.717, 1.165) is 11.1 Å². The summed E-state index contributed by atoms with van der Waals surface area (Å²) in [7, 11) is 0. The predicted molar refractivity (Wildman–Crippen MR) is 100 cm³/mol. The van der Waals surface area contributed by atoms with Gasteiger partial charge in [-0.15, -0.1) is 0 Å². The van der Waals surface area contributed by atoms with Crippen LogP contribution in [0.4, 0.5) is 0 Å². The van der Waals surface area contributed by atoms with Gasteiger partial charge in [-0.3, -0.25) is 9.78 Å². The third-order valence-corrected chi connectivity index (χ3v) is 3.93. The zero-order valence-electron chi connectivity index (χ0n) is 15.4. The lowest BCUT2D eigenvalue weighted by Crippen LogP contribution is -2.43. The first-order valence-corrected chi connectivity index (χ1v) is 8.87. The van der Waals surface area contributed by atoms with E-state index in [0.29, 0.717) is 26.3 Å². The van der Waals surface area contributed by atoms with Crippen molar-refractivity contribution < 1.29 is 14.3 Å². The fraction of sp³-hybridized carbons (Fsp3) is 0.400. The molecule has 6 nitrogen and oxygen atoms in total. The van der Waals surface area contributed by atoms with Gasteiger partial charge in [0.15, 0.2) is 6.29 Å². The molecule has 26 heavy (non-hydrogen) atoms. The van der Waals surface area contributed by atoms with Gasteiger partial charge in [-0.25, -0.2) is 0 Å². The molecule has 0 unspecified atom stereocenters. The maximum atomic E-state index is 13.1. The van der Waals surface area contributed by atoms with Gasteiger partial charge >= 0.3 is 0 Å². The second-order valence-corrected chi connectivity index (χ2v) is 5.80. The summed E-state index contributed by atoms with van der Waals surface area (Å²) in [6.07, 6.45) is 2.92. The number of aromatic nitrogens is 1. The van der Waals surface area contributed by atoms with Crippen molar-refractivity contribution in [2.24, 2.45) is 5.73 Å². The average molecular weight is 357 g/mol. The Balaban J connectivity index is 2.19. The number of nitrogens with two attached hydrogens (primary N) is 1. The molecular formula is C20H27N3O3. The number of ether oxygens (including phenoxy) is 2. The van der Waals surface area contributed by atoms with Crippen molar-refractivity contribution in [2.75, 3.05) is 19.8 Å². The lowest BCUT2D eigenvalue weighted by molar-refractivity contribution is -0.160. The number of benzene rings is 1. The highest BCUT2D eigenvalue weighted by Crippen LogP contribution is 2.16. The number of carbonyl (C=O) groups excluding carboxylic acids is 1. The molecule has 2 rings (SSSR count). The molecule has 6 heteroatoms. The number of nitrogens with zero attached hydrogens (tertiary/aromatic N) is 2. The van der Waals surface area contributed by atoms with E-state index in [1.165, 1.54) is 0 Å². The molecule has 0 aliphatic carbocycles. The predicted octanol–water partition coefficient (Wildman–Crippen LogP) is 2.51. The van der Waals surface area contributed by atoms with Crippen molar-refractivity contribution in [3.63, 3.8) is 0 Å². The molecule has 1 amide bonds. The summed E-state index contributed by atoms with van der Waals surface area (Å²) in [5, 5.41) is 0. The third kappa shape index (κ3) is 5.91. The Hall–Kier alpha value is -2.28. The molecule has 0 radical (unpaired) electrons. The SMILES string of the molecule is CCOC(CN(Cc1ccncc1)C(=O)[C@@H](N)c1ccccc1)OCC. The van der Waals surface area contributed by atoms with Gasteiger partial charge in [0.2, 0.25) is 5.91 Å². The molecular weight excluding hydrogens is 330 g/mol. The van der Waals surface area contributed by atoms with Crippen molar-refractivity contribution in [1.29, 1.82) is 0 Å². The minimum Gasteiger partial charge on any atom is -0.351 e. The van der Waals surface area contributed by atoms with E-state index in [-0.39, 0.29) is 5.91 Å². The van der Waals surface area contributed by atoms with Crippen molar-refractivity contribution in [3.8, 4) is 0 Å². The normalized spacial score (nSPS) is 12.2. The van der Waals surface area contributed by atoms with Crippen LogP contribution in [-0.2, 0) is 20.8 Å². The molecule has 0 saturated heterocycles. The molecule has 1 aromatic heterocycles. The number of hydrogen-bond acceptors (Lipinski definition) is 5. The standard InChI is InChI=1S/C20H27N3O3/c1-3-25-18(26-4-2)15-23(14-16-10-12-22-13-11-16)20(24)19(21)17-8-6-5-7-9-17/h5-13,18-19H,3-4,14-15,21H2,1-2H3/t19-/m0/s1. The summed E-state index contributed by atoms with van der Waals surface area (Å²) in [6, 6.07) is 12.4. The zero-order valence-corrected chi connectivity index (χ0v) is 15.4. The van der Waals surface area contributed by atoms with Gasteiger partial charge in [-0.05, 0) is 37.1 Å². The lowest BCUT2D eigenvalue weighted by atomic mass is 10.1. The minimum atomic E-state index is -0.734. The van der Waals surface area contributed by atoms with Gasteiger partial charge in [0.25, 0.3) is 0 Å². The van der Waals surface area contributed by atoms with E-state index < -0.39 is 12.3 Å². The van der Waals surface area contributed by atoms with Gasteiger partial charge in [0, 0.05) is 32.2 Å². The maximum Gasteiger partial charge on any atom is 0.244 e. The molecule has 1 atom stereocenters. The van der Waals surface area contributed by atoms with Crippen LogP contribution in [-0.4, -0.2) is 41.8 Å². The van der Waals surface area contributed by atoms with Crippen LogP contribution in [0.3, 0.4) is 0 Å². The van der Waals surface area contributed by atoms with Gasteiger partial charge in [0.05, 0.1) is 6.54 Å². The molecule has 2 N–H and O–H groups in total. The molecule has 0 aliphatic heterocycles. The van der Waals surface area contributed by atoms with Crippen molar-refractivity contribution in [3.05, 3.63) is 66.0 Å². The molecule has 2 aromatic rings. The Bertz CT molecular complexity index is 646. The number of rotatable bonds is 10. The monoisotopic (exact) mass is 357 g/mol. The fourth-order valence-corrected chi connectivity index (χ4v) is 2.65. The minimum absolute atomic E-state index is 0.169. The summed E-state index contributed by atoms with van der Waals surface area (Å²) in [5.74, 6) is -0.169. The van der Waals surface area contributed by atoms with Crippen LogP contribution in [0.15, 0.2) is 54.9 Å². The summed E-state index contributed by atoms with van der Waals surface area (Å²) >= 11 is 0. The second kappa shape index (κ2) is 10.7. The quantitative estimate of drug-likeness (QED) is 0.661. The first-order valence-electron chi connectivity index (χ1n) is 8.87. The molecule has 0 fully saturated rings. The second-order valence-electron chi connectivity index (χ2n) is 5.80. The van der Waals surface area contributed by atoms with E-state index in [4.69, 9.17) is 15.2 Å². The lowest BCUT2D eigenvalue weighted by Gasteiger charge is -2.29. The first-order chi connectivity index (χ1) is 12.7. The zero-order chi connectivity index (χ0) is 18.8. The van der Waals surface area contributed by atoms with Crippen molar-refractivity contribution in [2.45, 2.75) is 32.7 Å². The van der Waals surface area contributed by atoms with E-state index in [1.54, 1.807) is 17.3 Å². The maximum absolute atomic E-state index is 13.1. The topological polar surface area (TPSA) is 77.7 Å². The van der Waals surface area contributed by atoms with Crippen LogP contribution in [0, 0.1) is 0 Å². The van der Waals surface area contributed by atoms with Crippen molar-refractivity contribution in [1.82, 2.24) is 9.88 Å². The summed E-state index contributed by atoms with van der Waals surface area (Å²) in [5.41, 5.74) is 7.98. The van der Waals surface area contributed by atoms with Crippen LogP contribution in [0.25, 0.3) is 0 Å². The Labute approximate surface area is 154 Å². The molecule has 1 aromatic carbocycles. The van der Waals surface area contributed by atoms with Crippen LogP contribution in [0.2, 0.25) is 0 Å². The molecule has 0 saturated carbocycles. The highest BCUT2D eigenvalue weighted by molar-refractivity contribution is 5.83. The van der Waals surface area contributed by atoms with Crippen molar-refractivity contribution >= 4 is 5.91 Å². The number of pyridine rings is 1. The molecule has 1 heterocycles. The highest BCUT2D eigenvalue weighted by atomic mass is 16.7. The third-order valence-electron chi connectivity index (χ3n) is 3.93. The summed E-state index contributed by atoms with van der Waals surface area (Å²) in [6.45, 7) is 5.54. The molecule has 0 bridgehead atoms. The van der Waals surface area contributed by atoms with Gasteiger partial charge in [-0.1, -0.05) is 30.3 Å². The van der Waals surface area contributed by atoms with Gasteiger partial charge in [-0.2, -0.15) is 0 Å². The highest BCUT2D eigenvalue weighted by Gasteiger charge is 2.25. The summed E-state index contributed by atoms with van der Waals surface area (Å²) < 4.78 is 11.2. The average Bonchev–Trinajstić information content (AvgIpc) is 2.68. The largest absolute Gasteiger partial charge is 0.351 e. The van der Waals surface area contributed by atoms with Crippen LogP contribution in [0.5, 0.6) is 0 Å². The van der Waals surface area contributed by atoms with E-state index >= 15 is 0 Å². The number of carbonyl (C=O) groups is 1. The number of hydrogen-bond donors (Lipinski definition) is 1. The Morgan fingerprint density at radius 2 is 1.69 bits per heavy atom. The Morgan fingerprint density at radius 1 is 1.08 bits per heavy atom. The fourth-order valence-electron chi connectivity index (χ4n) is 2.65. The number of amides is 1. The van der Waals surface area contributed by atoms with Gasteiger partial charge < -0.3 is 20.1 Å². The summed E-state index contributed by atoms with van der Waals surface area (Å²) in [4.78, 5) is 18.8. The Kier molecular flexibility index (Phi) is 8.21. The van der Waals surface area contributed by atoms with E-state index in [1.807, 2.05) is 56.3 Å². The Morgan fingerprint density at radius 3 is 2.27 bits per heavy atom. The van der Waals surface area contributed by atoms with Crippen LogP contribution in [0.1, 0.15) is 31.0 Å². The van der Waals surface area contributed by atoms with Crippen LogP contribution < -0.4 is 5.73 Å². The van der Waals surface area contributed by atoms with E-state index in [9.17, 15) is 4.79 Å².